The highest BCUT2D eigenvalue weighted by molar-refractivity contribution is 5.60. The second-order valence-corrected chi connectivity index (χ2v) is 3.20. The van der Waals surface area contributed by atoms with Gasteiger partial charge in [0.05, 0.1) is 0 Å². The zero-order chi connectivity index (χ0) is 11.4. The molecule has 0 fully saturated rings. The Labute approximate surface area is 87.1 Å². The zero-order valence-corrected chi connectivity index (χ0v) is 8.96. The van der Waals surface area contributed by atoms with Crippen LogP contribution < -0.4 is 22.3 Å². The molecule has 0 aliphatic heterocycles. The normalized spacial score (nSPS) is 10.3. The summed E-state index contributed by atoms with van der Waals surface area (Å²) >= 11 is 0. The smallest absolute Gasteiger partial charge is 0.330 e. The van der Waals surface area contributed by atoms with Gasteiger partial charge in [-0.3, -0.25) is 14.3 Å². The van der Waals surface area contributed by atoms with Crippen molar-refractivity contribution in [2.45, 2.75) is 26.8 Å². The van der Waals surface area contributed by atoms with E-state index in [-0.39, 0.29) is 11.5 Å². The second kappa shape index (κ2) is 4.68. The predicted octanol–water partition coefficient (Wildman–Crippen LogP) is -0.0394. The number of nitrogens with two attached hydrogens (primary N) is 1. The summed E-state index contributed by atoms with van der Waals surface area (Å²) in [5, 5.41) is 2.84. The van der Waals surface area contributed by atoms with Crippen molar-refractivity contribution in [1.82, 2.24) is 9.55 Å². The Hall–Kier alpha value is -1.72. The van der Waals surface area contributed by atoms with Crippen molar-refractivity contribution in [2.75, 3.05) is 17.6 Å². The third-order valence-corrected chi connectivity index (χ3v) is 2.04. The molecule has 0 atom stereocenters. The number of nitrogen functional groups attached to an aromatic ring is 1. The first kappa shape index (κ1) is 11.4. The van der Waals surface area contributed by atoms with Crippen molar-refractivity contribution in [3.63, 3.8) is 0 Å². The van der Waals surface area contributed by atoms with Gasteiger partial charge in [-0.15, -0.1) is 0 Å². The van der Waals surface area contributed by atoms with Gasteiger partial charge in [-0.1, -0.05) is 6.92 Å². The van der Waals surface area contributed by atoms with Crippen molar-refractivity contribution >= 4 is 11.5 Å². The fourth-order valence-corrected chi connectivity index (χ4v) is 1.38. The van der Waals surface area contributed by atoms with Crippen LogP contribution in [0.2, 0.25) is 0 Å². The molecular formula is C9H16N4O2. The molecule has 84 valence electrons. The standard InChI is InChI=1S/C9H16N4O2/c1-3-5-13-7(10)6(11-4-2)8(14)12-9(13)15/h11H,3-5,10H2,1-2H3,(H,12,14,15). The molecule has 0 amide bonds. The van der Waals surface area contributed by atoms with Gasteiger partial charge in [0, 0.05) is 13.1 Å². The first-order valence-electron chi connectivity index (χ1n) is 4.98. The summed E-state index contributed by atoms with van der Waals surface area (Å²) in [5.74, 6) is 0.201. The van der Waals surface area contributed by atoms with E-state index in [1.54, 1.807) is 0 Å². The number of nitrogens with zero attached hydrogens (tertiary/aromatic N) is 1. The largest absolute Gasteiger partial charge is 0.383 e. The maximum Gasteiger partial charge on any atom is 0.330 e. The van der Waals surface area contributed by atoms with E-state index in [1.807, 2.05) is 13.8 Å². The van der Waals surface area contributed by atoms with E-state index in [1.165, 1.54) is 4.57 Å². The maximum absolute atomic E-state index is 11.4. The van der Waals surface area contributed by atoms with Gasteiger partial charge in [0.15, 0.2) is 0 Å². The molecule has 0 saturated carbocycles. The highest BCUT2D eigenvalue weighted by Gasteiger charge is 2.10. The molecule has 6 nitrogen and oxygen atoms in total. The van der Waals surface area contributed by atoms with Crippen LogP contribution in [0.4, 0.5) is 11.5 Å². The Morgan fingerprint density at radius 2 is 2.07 bits per heavy atom. The molecule has 4 N–H and O–H groups in total. The number of hydrogen-bond acceptors (Lipinski definition) is 4. The van der Waals surface area contributed by atoms with Gasteiger partial charge in [0.1, 0.15) is 11.5 Å². The number of rotatable bonds is 4. The molecule has 0 aliphatic rings. The lowest BCUT2D eigenvalue weighted by Gasteiger charge is -2.11. The molecule has 0 bridgehead atoms. The van der Waals surface area contributed by atoms with Crippen molar-refractivity contribution in [1.29, 1.82) is 0 Å². The molecule has 0 saturated heterocycles. The van der Waals surface area contributed by atoms with Gasteiger partial charge >= 0.3 is 5.69 Å². The van der Waals surface area contributed by atoms with Crippen LogP contribution in [0.3, 0.4) is 0 Å². The van der Waals surface area contributed by atoms with Crippen LogP contribution in [-0.4, -0.2) is 16.1 Å². The van der Waals surface area contributed by atoms with Crippen LogP contribution in [0.15, 0.2) is 9.59 Å². The molecule has 0 radical (unpaired) electrons. The van der Waals surface area contributed by atoms with Crippen molar-refractivity contribution in [2.24, 2.45) is 0 Å². The highest BCUT2D eigenvalue weighted by atomic mass is 16.2. The molecule has 15 heavy (non-hydrogen) atoms. The van der Waals surface area contributed by atoms with E-state index in [2.05, 4.69) is 10.3 Å². The first-order valence-corrected chi connectivity index (χ1v) is 4.98. The Morgan fingerprint density at radius 3 is 2.60 bits per heavy atom. The molecule has 1 aromatic heterocycles. The number of hydrogen-bond donors (Lipinski definition) is 3. The third kappa shape index (κ3) is 2.20. The number of nitrogens with one attached hydrogen (secondary N) is 2. The fourth-order valence-electron chi connectivity index (χ4n) is 1.38. The molecule has 1 rings (SSSR count). The number of aromatic amines is 1. The summed E-state index contributed by atoms with van der Waals surface area (Å²) in [6, 6.07) is 0. The number of H-pyrrole nitrogens is 1. The van der Waals surface area contributed by atoms with Crippen molar-refractivity contribution in [3.8, 4) is 0 Å². The molecule has 6 heteroatoms. The maximum atomic E-state index is 11.4. The quantitative estimate of drug-likeness (QED) is 0.653. The minimum Gasteiger partial charge on any atom is -0.383 e. The lowest BCUT2D eigenvalue weighted by molar-refractivity contribution is 0.642. The minimum atomic E-state index is -0.466. The number of aromatic nitrogens is 2. The SMILES string of the molecule is CCCn1c(N)c(NCC)c(=O)[nH]c1=O. The predicted molar refractivity (Wildman–Crippen MR) is 60.2 cm³/mol. The van der Waals surface area contributed by atoms with Gasteiger partial charge in [0.25, 0.3) is 5.56 Å². The first-order chi connectivity index (χ1) is 7.11. The summed E-state index contributed by atoms with van der Waals surface area (Å²) in [6.07, 6.45) is 0.779. The van der Waals surface area contributed by atoms with E-state index in [9.17, 15) is 9.59 Å². The zero-order valence-electron chi connectivity index (χ0n) is 8.96. The van der Waals surface area contributed by atoms with Gasteiger partial charge in [0.2, 0.25) is 0 Å². The summed E-state index contributed by atoms with van der Waals surface area (Å²) < 4.78 is 1.36. The van der Waals surface area contributed by atoms with Crippen LogP contribution in [0.25, 0.3) is 0 Å². The Kier molecular flexibility index (Phi) is 3.54. The molecule has 0 aromatic carbocycles. The highest BCUT2D eigenvalue weighted by Crippen LogP contribution is 2.09. The van der Waals surface area contributed by atoms with E-state index in [4.69, 9.17) is 5.73 Å². The Morgan fingerprint density at radius 1 is 1.40 bits per heavy atom. The summed E-state index contributed by atoms with van der Waals surface area (Å²) in [5.41, 5.74) is 5.08. The Balaban J connectivity index is 3.35. The summed E-state index contributed by atoms with van der Waals surface area (Å²) in [7, 11) is 0. The lowest BCUT2D eigenvalue weighted by atomic mass is 10.4. The van der Waals surface area contributed by atoms with Crippen LogP contribution in [0, 0.1) is 0 Å². The van der Waals surface area contributed by atoms with Gasteiger partial charge in [-0.2, -0.15) is 0 Å². The molecule has 0 aliphatic carbocycles. The molecule has 1 aromatic rings. The Bertz CT molecular complexity index is 408. The minimum absolute atomic E-state index is 0.201. The summed E-state index contributed by atoms with van der Waals surface area (Å²) in [4.78, 5) is 25.0. The average Bonchev–Trinajstić information content (AvgIpc) is 2.19. The van der Waals surface area contributed by atoms with Crippen LogP contribution in [-0.2, 0) is 6.54 Å². The van der Waals surface area contributed by atoms with Gasteiger partial charge < -0.3 is 11.1 Å². The lowest BCUT2D eigenvalue weighted by Crippen LogP contribution is -2.34. The van der Waals surface area contributed by atoms with Crippen molar-refractivity contribution in [3.05, 3.63) is 20.8 Å². The summed E-state index contributed by atoms with van der Waals surface area (Å²) in [6.45, 7) is 4.87. The van der Waals surface area contributed by atoms with Gasteiger partial charge in [-0.25, -0.2) is 4.79 Å². The van der Waals surface area contributed by atoms with Gasteiger partial charge in [-0.05, 0) is 13.3 Å². The number of anilines is 2. The third-order valence-electron chi connectivity index (χ3n) is 2.04. The fraction of sp³-hybridized carbons (Fsp3) is 0.556. The second-order valence-electron chi connectivity index (χ2n) is 3.20. The topological polar surface area (TPSA) is 92.9 Å². The average molecular weight is 212 g/mol. The molecule has 1 heterocycles. The van der Waals surface area contributed by atoms with E-state index in [0.29, 0.717) is 13.1 Å². The van der Waals surface area contributed by atoms with Crippen LogP contribution in [0.1, 0.15) is 20.3 Å². The van der Waals surface area contributed by atoms with Crippen LogP contribution >= 0.6 is 0 Å². The molecule has 0 unspecified atom stereocenters. The monoisotopic (exact) mass is 212 g/mol. The van der Waals surface area contributed by atoms with E-state index >= 15 is 0 Å². The molecular weight excluding hydrogens is 196 g/mol. The molecule has 0 spiro atoms. The van der Waals surface area contributed by atoms with Crippen molar-refractivity contribution < 1.29 is 0 Å². The van der Waals surface area contributed by atoms with E-state index < -0.39 is 11.2 Å². The van der Waals surface area contributed by atoms with Crippen LogP contribution in [0.5, 0.6) is 0 Å². The van der Waals surface area contributed by atoms with E-state index in [0.717, 1.165) is 6.42 Å².